The lowest BCUT2D eigenvalue weighted by molar-refractivity contribution is 0.0701. The van der Waals surface area contributed by atoms with Crippen LogP contribution >= 0.6 is 0 Å². The molecule has 0 radical (unpaired) electrons. The van der Waals surface area contributed by atoms with Crippen molar-refractivity contribution in [3.63, 3.8) is 0 Å². The van der Waals surface area contributed by atoms with E-state index in [1.807, 2.05) is 0 Å². The van der Waals surface area contributed by atoms with E-state index in [1.165, 1.54) is 31.2 Å². The molecule has 3 rings (SSSR count). The summed E-state index contributed by atoms with van der Waals surface area (Å²) >= 11 is 0. The quantitative estimate of drug-likeness (QED) is 0.799. The molecule has 4 nitrogen and oxygen atoms in total. The summed E-state index contributed by atoms with van der Waals surface area (Å²) in [5.41, 5.74) is 1.27. The van der Waals surface area contributed by atoms with Crippen LogP contribution in [0.1, 0.15) is 49.7 Å². The molecule has 21 heavy (non-hydrogen) atoms. The van der Waals surface area contributed by atoms with E-state index in [2.05, 4.69) is 30.1 Å². The molecule has 118 valence electrons. The van der Waals surface area contributed by atoms with Gasteiger partial charge in [0.25, 0.3) is 0 Å². The van der Waals surface area contributed by atoms with E-state index in [1.54, 1.807) is 0 Å². The minimum absolute atomic E-state index is 0.414. The summed E-state index contributed by atoms with van der Waals surface area (Å²) in [6, 6.07) is 2.92. The van der Waals surface area contributed by atoms with E-state index >= 15 is 0 Å². The van der Waals surface area contributed by atoms with Gasteiger partial charge in [-0.3, -0.25) is 4.90 Å². The van der Waals surface area contributed by atoms with E-state index in [4.69, 9.17) is 9.15 Å². The van der Waals surface area contributed by atoms with E-state index < -0.39 is 0 Å². The molecule has 1 aromatic heterocycles. The molecule has 1 aliphatic heterocycles. The molecule has 4 heteroatoms. The largest absolute Gasteiger partial charge is 0.463 e. The molecule has 0 amide bonds. The van der Waals surface area contributed by atoms with Crippen LogP contribution in [-0.2, 0) is 17.8 Å². The van der Waals surface area contributed by atoms with Gasteiger partial charge in [-0.05, 0) is 50.8 Å². The topological polar surface area (TPSA) is 37.6 Å². The molecular weight excluding hydrogens is 264 g/mol. The lowest BCUT2D eigenvalue weighted by Crippen LogP contribution is -2.31. The van der Waals surface area contributed by atoms with E-state index in [-0.39, 0.29) is 0 Å². The van der Waals surface area contributed by atoms with Crippen molar-refractivity contribution in [1.29, 1.82) is 0 Å². The normalized spacial score (nSPS) is 22.3. The van der Waals surface area contributed by atoms with Crippen LogP contribution in [0.15, 0.2) is 10.5 Å². The van der Waals surface area contributed by atoms with Crippen molar-refractivity contribution in [2.75, 3.05) is 19.7 Å². The fraction of sp³-hybridized carbons (Fsp3) is 0.765. The standard InChI is InChI=1S/C17H28N2O2/c1-3-19(11-15-5-4-8-20-15)12-16-9-13(2)17(21-16)10-18-14-6-7-14/h9,14-15,18H,3-8,10-12H2,1-2H3. The Kier molecular flexibility index (Phi) is 4.99. The van der Waals surface area contributed by atoms with Gasteiger partial charge in [0, 0.05) is 19.2 Å². The Labute approximate surface area is 127 Å². The highest BCUT2D eigenvalue weighted by Gasteiger charge is 2.22. The van der Waals surface area contributed by atoms with Crippen molar-refractivity contribution in [2.45, 2.75) is 64.8 Å². The van der Waals surface area contributed by atoms with Crippen molar-refractivity contribution in [2.24, 2.45) is 0 Å². The molecule has 2 fully saturated rings. The Hall–Kier alpha value is -0.840. The summed E-state index contributed by atoms with van der Waals surface area (Å²) in [4.78, 5) is 2.42. The van der Waals surface area contributed by atoms with Gasteiger partial charge in [0.1, 0.15) is 11.5 Å². The first kappa shape index (κ1) is 15.1. The van der Waals surface area contributed by atoms with Gasteiger partial charge >= 0.3 is 0 Å². The summed E-state index contributed by atoms with van der Waals surface area (Å²) < 4.78 is 11.8. The van der Waals surface area contributed by atoms with Crippen molar-refractivity contribution in [3.05, 3.63) is 23.2 Å². The van der Waals surface area contributed by atoms with Crippen LogP contribution in [0.3, 0.4) is 0 Å². The average molecular weight is 292 g/mol. The molecule has 1 aliphatic carbocycles. The Morgan fingerprint density at radius 1 is 1.33 bits per heavy atom. The van der Waals surface area contributed by atoms with Crippen LogP contribution in [0, 0.1) is 6.92 Å². The number of nitrogens with one attached hydrogen (secondary N) is 1. The van der Waals surface area contributed by atoms with Gasteiger partial charge in [0.15, 0.2) is 0 Å². The SMILES string of the molecule is CCN(Cc1cc(C)c(CNC2CC2)o1)CC1CCCO1. The number of furan rings is 1. The smallest absolute Gasteiger partial charge is 0.120 e. The number of hydrogen-bond acceptors (Lipinski definition) is 4. The summed E-state index contributed by atoms with van der Waals surface area (Å²) in [6.45, 7) is 9.10. The molecule has 1 atom stereocenters. The van der Waals surface area contributed by atoms with E-state index in [0.29, 0.717) is 6.10 Å². The first-order valence-corrected chi connectivity index (χ1v) is 8.40. The van der Waals surface area contributed by atoms with Crippen LogP contribution in [-0.4, -0.2) is 36.7 Å². The zero-order chi connectivity index (χ0) is 14.7. The van der Waals surface area contributed by atoms with Crippen LogP contribution in [0.4, 0.5) is 0 Å². The highest BCUT2D eigenvalue weighted by Crippen LogP contribution is 2.22. The second-order valence-corrected chi connectivity index (χ2v) is 6.44. The summed E-state index contributed by atoms with van der Waals surface area (Å²) in [5.74, 6) is 2.19. The Balaban J connectivity index is 1.53. The highest BCUT2D eigenvalue weighted by atomic mass is 16.5. The minimum Gasteiger partial charge on any atom is -0.463 e. The Bertz CT molecular complexity index is 448. The zero-order valence-corrected chi connectivity index (χ0v) is 13.4. The first-order valence-electron chi connectivity index (χ1n) is 8.40. The maximum absolute atomic E-state index is 6.04. The third kappa shape index (κ3) is 4.31. The number of hydrogen-bond donors (Lipinski definition) is 1. The molecule has 1 saturated heterocycles. The van der Waals surface area contributed by atoms with Crippen molar-refractivity contribution >= 4 is 0 Å². The third-order valence-corrected chi connectivity index (χ3v) is 4.51. The van der Waals surface area contributed by atoms with Crippen LogP contribution in [0.2, 0.25) is 0 Å². The van der Waals surface area contributed by atoms with Gasteiger partial charge in [0.05, 0.1) is 19.2 Å². The van der Waals surface area contributed by atoms with Crippen LogP contribution < -0.4 is 5.32 Å². The fourth-order valence-electron chi connectivity index (χ4n) is 2.97. The lowest BCUT2D eigenvalue weighted by Gasteiger charge is -2.22. The zero-order valence-electron chi connectivity index (χ0n) is 13.4. The molecule has 1 N–H and O–H groups in total. The molecule has 1 unspecified atom stereocenters. The van der Waals surface area contributed by atoms with Gasteiger partial charge in [-0.15, -0.1) is 0 Å². The molecule has 1 aromatic rings. The van der Waals surface area contributed by atoms with E-state index in [0.717, 1.165) is 50.3 Å². The number of likely N-dealkylation sites (N-methyl/N-ethyl adjacent to an activating group) is 1. The van der Waals surface area contributed by atoms with Gasteiger partial charge in [-0.2, -0.15) is 0 Å². The second kappa shape index (κ2) is 6.95. The summed E-state index contributed by atoms with van der Waals surface area (Å²) in [7, 11) is 0. The number of ether oxygens (including phenoxy) is 1. The molecule has 0 aromatic carbocycles. The molecule has 2 heterocycles. The number of nitrogens with zero attached hydrogens (tertiary/aromatic N) is 1. The van der Waals surface area contributed by atoms with Gasteiger partial charge in [-0.25, -0.2) is 0 Å². The summed E-state index contributed by atoms with van der Waals surface area (Å²) in [6.07, 6.45) is 5.45. The van der Waals surface area contributed by atoms with Crippen molar-refractivity contribution in [3.8, 4) is 0 Å². The summed E-state index contributed by atoms with van der Waals surface area (Å²) in [5, 5.41) is 3.53. The minimum atomic E-state index is 0.414. The third-order valence-electron chi connectivity index (χ3n) is 4.51. The lowest BCUT2D eigenvalue weighted by atomic mass is 10.2. The maximum Gasteiger partial charge on any atom is 0.120 e. The Morgan fingerprint density at radius 3 is 2.86 bits per heavy atom. The van der Waals surface area contributed by atoms with Crippen LogP contribution in [0.25, 0.3) is 0 Å². The van der Waals surface area contributed by atoms with Gasteiger partial charge < -0.3 is 14.5 Å². The second-order valence-electron chi connectivity index (χ2n) is 6.44. The molecule has 1 saturated carbocycles. The maximum atomic E-state index is 6.04. The van der Waals surface area contributed by atoms with E-state index in [9.17, 15) is 0 Å². The predicted octanol–water partition coefficient (Wildman–Crippen LogP) is 2.84. The molecule has 0 spiro atoms. The monoisotopic (exact) mass is 292 g/mol. The van der Waals surface area contributed by atoms with Gasteiger partial charge in [-0.1, -0.05) is 6.92 Å². The van der Waals surface area contributed by atoms with Crippen molar-refractivity contribution in [1.82, 2.24) is 10.2 Å². The predicted molar refractivity (Wildman–Crippen MR) is 83.2 cm³/mol. The molecule has 2 aliphatic rings. The van der Waals surface area contributed by atoms with Crippen LogP contribution in [0.5, 0.6) is 0 Å². The van der Waals surface area contributed by atoms with Gasteiger partial charge in [0.2, 0.25) is 0 Å². The molecule has 0 bridgehead atoms. The molecular formula is C17H28N2O2. The Morgan fingerprint density at radius 2 is 2.19 bits per heavy atom. The highest BCUT2D eigenvalue weighted by molar-refractivity contribution is 5.20. The first-order chi connectivity index (χ1) is 10.2. The number of rotatable bonds is 8. The fourth-order valence-corrected chi connectivity index (χ4v) is 2.97. The average Bonchev–Trinajstić information content (AvgIpc) is 3.04. The number of aryl methyl sites for hydroxylation is 1. The van der Waals surface area contributed by atoms with Crippen molar-refractivity contribution < 1.29 is 9.15 Å².